The number of sulfone groups is 1. The molecule has 0 unspecified atom stereocenters. The van der Waals surface area contributed by atoms with E-state index in [9.17, 15) is 8.42 Å². The van der Waals surface area contributed by atoms with E-state index in [0.717, 1.165) is 6.26 Å². The predicted molar refractivity (Wildman–Crippen MR) is 59.0 cm³/mol. The zero-order valence-corrected chi connectivity index (χ0v) is 9.78. The number of nitrogens with one attached hydrogen (secondary N) is 1. The van der Waals surface area contributed by atoms with E-state index in [1.165, 1.54) is 6.20 Å². The molecule has 0 saturated heterocycles. The molecule has 1 N–H and O–H groups in total. The topological polar surface area (TPSA) is 62.8 Å². The summed E-state index contributed by atoms with van der Waals surface area (Å²) >= 11 is 5.89. The van der Waals surface area contributed by atoms with E-state index in [1.807, 2.05) is 0 Å². The van der Waals surface area contributed by atoms with E-state index >= 15 is 0 Å². The summed E-state index contributed by atoms with van der Waals surface area (Å²) in [5, 5.41) is 0.677. The lowest BCUT2D eigenvalue weighted by Crippen LogP contribution is -1.98. The number of aromatic amines is 1. The Morgan fingerprint density at radius 3 is 2.73 bits per heavy atom. The Kier molecular flexibility index (Phi) is 2.24. The fourth-order valence-corrected chi connectivity index (χ4v) is 3.16. The number of fused-ring (bicyclic) bond motifs is 1. The molecule has 2 rings (SSSR count). The van der Waals surface area contributed by atoms with E-state index in [-0.39, 0.29) is 10.0 Å². The number of hydrogen-bond acceptors (Lipinski definition) is 3. The third-order valence-electron chi connectivity index (χ3n) is 2.17. The number of H-pyrrole nitrogens is 1. The maximum atomic E-state index is 11.6. The molecule has 0 aliphatic heterocycles. The van der Waals surface area contributed by atoms with Crippen LogP contribution < -0.4 is 0 Å². The normalized spacial score (nSPS) is 12.2. The highest BCUT2D eigenvalue weighted by atomic mass is 35.5. The molecule has 2 heterocycles. The van der Waals surface area contributed by atoms with Gasteiger partial charge >= 0.3 is 0 Å². The van der Waals surface area contributed by atoms with Gasteiger partial charge in [0.15, 0.2) is 9.84 Å². The van der Waals surface area contributed by atoms with E-state index < -0.39 is 9.84 Å². The highest BCUT2D eigenvalue weighted by Crippen LogP contribution is 2.30. The van der Waals surface area contributed by atoms with Crippen molar-refractivity contribution in [1.82, 2.24) is 9.97 Å². The Morgan fingerprint density at radius 2 is 2.13 bits per heavy atom. The molecule has 15 heavy (non-hydrogen) atoms. The lowest BCUT2D eigenvalue weighted by atomic mass is 10.3. The second-order valence-corrected chi connectivity index (χ2v) is 5.69. The van der Waals surface area contributed by atoms with Crippen molar-refractivity contribution in [3.05, 3.63) is 23.1 Å². The van der Waals surface area contributed by atoms with Crippen molar-refractivity contribution in [2.75, 3.05) is 6.26 Å². The molecule has 0 fully saturated rings. The van der Waals surface area contributed by atoms with Crippen LogP contribution in [0.25, 0.3) is 10.9 Å². The average molecular weight is 245 g/mol. The Labute approximate surface area is 92.2 Å². The third-order valence-corrected chi connectivity index (χ3v) is 3.70. The summed E-state index contributed by atoms with van der Waals surface area (Å²) in [7, 11) is -3.29. The smallest absolute Gasteiger partial charge is 0.178 e. The minimum atomic E-state index is -3.29. The van der Waals surface area contributed by atoms with E-state index in [4.69, 9.17) is 11.6 Å². The molecule has 2 aromatic heterocycles. The van der Waals surface area contributed by atoms with Crippen LogP contribution in [0.2, 0.25) is 5.15 Å². The number of halogens is 1. The fourth-order valence-electron chi connectivity index (χ4n) is 1.67. The van der Waals surface area contributed by atoms with Crippen LogP contribution in [-0.2, 0) is 9.84 Å². The molecule has 0 aliphatic rings. The van der Waals surface area contributed by atoms with Crippen molar-refractivity contribution in [2.24, 2.45) is 0 Å². The number of rotatable bonds is 1. The van der Waals surface area contributed by atoms with Crippen molar-refractivity contribution in [1.29, 1.82) is 0 Å². The summed E-state index contributed by atoms with van der Waals surface area (Å²) in [5.41, 5.74) is 1.27. The average Bonchev–Trinajstić information content (AvgIpc) is 2.41. The molecule has 0 amide bonds. The highest BCUT2D eigenvalue weighted by Gasteiger charge is 2.20. The van der Waals surface area contributed by atoms with Crippen LogP contribution in [0.5, 0.6) is 0 Å². The maximum absolute atomic E-state index is 11.6. The molecule has 4 nitrogen and oxygen atoms in total. The Hall–Kier alpha value is -1.07. The third kappa shape index (κ3) is 1.61. The lowest BCUT2D eigenvalue weighted by Gasteiger charge is -1.98. The highest BCUT2D eigenvalue weighted by molar-refractivity contribution is 7.91. The van der Waals surface area contributed by atoms with Gasteiger partial charge in [0.2, 0.25) is 0 Å². The second kappa shape index (κ2) is 3.21. The van der Waals surface area contributed by atoms with Gasteiger partial charge in [0.25, 0.3) is 0 Å². The molecule has 0 saturated carbocycles. The number of nitrogens with zero attached hydrogens (tertiary/aromatic N) is 1. The van der Waals surface area contributed by atoms with Gasteiger partial charge in [0.05, 0.1) is 15.8 Å². The zero-order valence-electron chi connectivity index (χ0n) is 8.20. The van der Waals surface area contributed by atoms with Crippen molar-refractivity contribution in [3.8, 4) is 0 Å². The van der Waals surface area contributed by atoms with Gasteiger partial charge in [-0.1, -0.05) is 11.6 Å². The molecule has 0 spiro atoms. The SMILES string of the molecule is Cc1[nH]c2ccnc(Cl)c2c1S(C)(=O)=O. The van der Waals surface area contributed by atoms with Gasteiger partial charge in [-0.15, -0.1) is 0 Å². The van der Waals surface area contributed by atoms with Gasteiger partial charge in [-0.05, 0) is 13.0 Å². The van der Waals surface area contributed by atoms with Crippen LogP contribution in [0.15, 0.2) is 17.2 Å². The first kappa shape index (κ1) is 10.4. The summed E-state index contributed by atoms with van der Waals surface area (Å²) in [5.74, 6) is 0. The molecule has 0 radical (unpaired) electrons. The first-order chi connectivity index (χ1) is 6.91. The van der Waals surface area contributed by atoms with Gasteiger partial charge in [0, 0.05) is 18.1 Å². The van der Waals surface area contributed by atoms with Gasteiger partial charge in [-0.25, -0.2) is 13.4 Å². The second-order valence-electron chi connectivity index (χ2n) is 3.38. The molecule has 6 heteroatoms. The fraction of sp³-hybridized carbons (Fsp3) is 0.222. The monoisotopic (exact) mass is 244 g/mol. The number of aryl methyl sites for hydroxylation is 1. The minimum Gasteiger partial charge on any atom is -0.357 e. The van der Waals surface area contributed by atoms with Crippen LogP contribution >= 0.6 is 11.6 Å². The first-order valence-corrected chi connectivity index (χ1v) is 6.51. The molecular weight excluding hydrogens is 236 g/mol. The van der Waals surface area contributed by atoms with Gasteiger partial charge in [-0.2, -0.15) is 0 Å². The first-order valence-electron chi connectivity index (χ1n) is 4.24. The van der Waals surface area contributed by atoms with Crippen LogP contribution in [0.1, 0.15) is 5.69 Å². The Morgan fingerprint density at radius 1 is 1.47 bits per heavy atom. The van der Waals surface area contributed by atoms with Gasteiger partial charge < -0.3 is 4.98 Å². The van der Waals surface area contributed by atoms with Crippen LogP contribution in [0.4, 0.5) is 0 Å². The van der Waals surface area contributed by atoms with Crippen molar-refractivity contribution >= 4 is 32.3 Å². The summed E-state index contributed by atoms with van der Waals surface area (Å²) in [6.45, 7) is 1.70. The zero-order chi connectivity index (χ0) is 11.2. The van der Waals surface area contributed by atoms with Gasteiger partial charge in [-0.3, -0.25) is 0 Å². The molecule has 2 aromatic rings. The molecule has 0 aliphatic carbocycles. The summed E-state index contributed by atoms with van der Waals surface area (Å²) in [4.78, 5) is 7.08. The van der Waals surface area contributed by atoms with Gasteiger partial charge in [0.1, 0.15) is 5.15 Å². The number of aromatic nitrogens is 2. The predicted octanol–water partition coefficient (Wildman–Crippen LogP) is 1.93. The van der Waals surface area contributed by atoms with Crippen molar-refractivity contribution in [2.45, 2.75) is 11.8 Å². The largest absolute Gasteiger partial charge is 0.357 e. The molecule has 0 aromatic carbocycles. The van der Waals surface area contributed by atoms with Crippen molar-refractivity contribution in [3.63, 3.8) is 0 Å². The molecular formula is C9H9ClN2O2S. The minimum absolute atomic E-state index is 0.206. The molecule has 0 bridgehead atoms. The van der Waals surface area contributed by atoms with E-state index in [1.54, 1.807) is 13.0 Å². The number of pyridine rings is 1. The quantitative estimate of drug-likeness (QED) is 0.780. The molecule has 80 valence electrons. The van der Waals surface area contributed by atoms with E-state index in [2.05, 4.69) is 9.97 Å². The van der Waals surface area contributed by atoms with Crippen LogP contribution in [-0.4, -0.2) is 24.6 Å². The van der Waals surface area contributed by atoms with Crippen LogP contribution in [0.3, 0.4) is 0 Å². The Balaban J connectivity index is 3.02. The Bertz CT molecular complexity index is 631. The standard InChI is InChI=1S/C9H9ClN2O2S/c1-5-8(15(2,13)14)7-6(12-5)3-4-11-9(7)10/h3-4,12H,1-2H3. The summed E-state index contributed by atoms with van der Waals surface area (Å²) < 4.78 is 23.1. The van der Waals surface area contributed by atoms with Crippen molar-refractivity contribution < 1.29 is 8.42 Å². The summed E-state index contributed by atoms with van der Waals surface area (Å²) in [6, 6.07) is 1.70. The molecule has 0 atom stereocenters. The lowest BCUT2D eigenvalue weighted by molar-refractivity contribution is 0.602. The van der Waals surface area contributed by atoms with Crippen LogP contribution in [0, 0.1) is 6.92 Å². The summed E-state index contributed by atoms with van der Waals surface area (Å²) in [6.07, 6.45) is 2.69. The van der Waals surface area contributed by atoms with E-state index in [0.29, 0.717) is 16.6 Å². The number of hydrogen-bond donors (Lipinski definition) is 1. The maximum Gasteiger partial charge on any atom is 0.178 e.